The van der Waals surface area contributed by atoms with Crippen molar-refractivity contribution in [3.8, 4) is 5.75 Å². The lowest BCUT2D eigenvalue weighted by Gasteiger charge is -2.14. The van der Waals surface area contributed by atoms with Crippen molar-refractivity contribution >= 4 is 51.4 Å². The van der Waals surface area contributed by atoms with Crippen LogP contribution in [-0.2, 0) is 9.59 Å². The van der Waals surface area contributed by atoms with Gasteiger partial charge in [-0.15, -0.1) is 0 Å². The molecule has 1 aliphatic rings. The normalized spacial score (nSPS) is 14.8. The highest BCUT2D eigenvalue weighted by molar-refractivity contribution is 8.18. The first-order valence-corrected chi connectivity index (χ1v) is 12.0. The van der Waals surface area contributed by atoms with Gasteiger partial charge in [-0.25, -0.2) is 0 Å². The number of hydrogen-bond acceptors (Lipinski definition) is 5. The van der Waals surface area contributed by atoms with Gasteiger partial charge in [0.25, 0.3) is 11.1 Å². The predicted octanol–water partition coefficient (Wildman–Crippen LogP) is 5.92. The molecule has 34 heavy (non-hydrogen) atoms. The smallest absolute Gasteiger partial charge is 0.294 e. The highest BCUT2D eigenvalue weighted by Gasteiger charge is 2.36. The van der Waals surface area contributed by atoms with Gasteiger partial charge < -0.3 is 10.1 Å². The second-order valence-electron chi connectivity index (χ2n) is 8.18. The Labute approximate surface area is 203 Å². The molecule has 7 heteroatoms. The largest absolute Gasteiger partial charge is 0.493 e. The molecule has 1 N–H and O–H groups in total. The first kappa shape index (κ1) is 23.6. The minimum atomic E-state index is -0.486. The van der Waals surface area contributed by atoms with Crippen molar-refractivity contribution in [1.82, 2.24) is 4.90 Å². The lowest BCUT2D eigenvalue weighted by molar-refractivity contribution is -0.127. The van der Waals surface area contributed by atoms with E-state index >= 15 is 0 Å². The van der Waals surface area contributed by atoms with E-state index in [4.69, 9.17) is 4.74 Å². The molecule has 1 fully saturated rings. The van der Waals surface area contributed by atoms with Gasteiger partial charge in [0.2, 0.25) is 5.91 Å². The Bertz CT molecular complexity index is 1320. The number of carbonyl (C=O) groups excluding carboxylic acids is 3. The molecule has 1 heterocycles. The van der Waals surface area contributed by atoms with Crippen molar-refractivity contribution in [3.63, 3.8) is 0 Å². The van der Waals surface area contributed by atoms with E-state index in [0.717, 1.165) is 50.5 Å². The Morgan fingerprint density at radius 1 is 1.09 bits per heavy atom. The monoisotopic (exact) mass is 474 g/mol. The molecule has 4 rings (SSSR count). The van der Waals surface area contributed by atoms with Crippen LogP contribution in [0, 0.1) is 13.8 Å². The molecule has 0 atom stereocenters. The van der Waals surface area contributed by atoms with E-state index in [9.17, 15) is 14.4 Å². The van der Waals surface area contributed by atoms with E-state index in [2.05, 4.69) is 5.32 Å². The lowest BCUT2D eigenvalue weighted by atomic mass is 10.0. The van der Waals surface area contributed by atoms with E-state index in [1.165, 1.54) is 0 Å². The molecule has 6 nitrogen and oxygen atoms in total. The van der Waals surface area contributed by atoms with Gasteiger partial charge >= 0.3 is 0 Å². The van der Waals surface area contributed by atoms with E-state index < -0.39 is 17.1 Å². The molecular weight excluding hydrogens is 448 g/mol. The molecule has 1 saturated heterocycles. The number of fused-ring (bicyclic) bond motifs is 1. The number of anilines is 1. The highest BCUT2D eigenvalue weighted by atomic mass is 32.2. The van der Waals surface area contributed by atoms with Crippen LogP contribution in [0.4, 0.5) is 10.5 Å². The number of ether oxygens (including phenoxy) is 1. The Morgan fingerprint density at radius 2 is 1.88 bits per heavy atom. The van der Waals surface area contributed by atoms with Crippen molar-refractivity contribution in [1.29, 1.82) is 0 Å². The number of nitrogens with zero attached hydrogens (tertiary/aromatic N) is 1. The van der Waals surface area contributed by atoms with Crippen LogP contribution in [0.2, 0.25) is 0 Å². The number of amides is 3. The van der Waals surface area contributed by atoms with Crippen molar-refractivity contribution < 1.29 is 19.1 Å². The molecule has 174 valence electrons. The van der Waals surface area contributed by atoms with Crippen LogP contribution in [0.1, 0.15) is 30.0 Å². The molecule has 3 aromatic carbocycles. The summed E-state index contributed by atoms with van der Waals surface area (Å²) in [5.41, 5.74) is 3.33. The van der Waals surface area contributed by atoms with Gasteiger partial charge in [-0.1, -0.05) is 49.4 Å². The van der Waals surface area contributed by atoms with Gasteiger partial charge in [-0.05, 0) is 72.1 Å². The standard InChI is InChI=1S/C27H26N2O4S/c1-4-13-33-23-12-11-19-7-5-6-8-20(19)21(23)15-24-26(31)29(27(32)34-24)16-25(30)28-22-14-17(2)9-10-18(22)3/h5-12,14-15H,4,13,16H2,1-3H3,(H,28,30)/b24-15-. The lowest BCUT2D eigenvalue weighted by Crippen LogP contribution is -2.36. The fourth-order valence-corrected chi connectivity index (χ4v) is 4.55. The third kappa shape index (κ3) is 4.99. The maximum Gasteiger partial charge on any atom is 0.294 e. The zero-order valence-electron chi connectivity index (χ0n) is 19.4. The predicted molar refractivity (Wildman–Crippen MR) is 137 cm³/mol. The molecule has 3 amide bonds. The quantitative estimate of drug-likeness (QED) is 0.430. The summed E-state index contributed by atoms with van der Waals surface area (Å²) in [6.07, 6.45) is 2.54. The minimum Gasteiger partial charge on any atom is -0.493 e. The number of nitrogens with one attached hydrogen (secondary N) is 1. The zero-order chi connectivity index (χ0) is 24.2. The Hall–Kier alpha value is -3.58. The van der Waals surface area contributed by atoms with E-state index in [0.29, 0.717) is 18.0 Å². The third-order valence-corrected chi connectivity index (χ3v) is 6.42. The van der Waals surface area contributed by atoms with Gasteiger partial charge in [0.05, 0.1) is 11.5 Å². The average Bonchev–Trinajstić information content (AvgIpc) is 3.08. The SMILES string of the molecule is CCCOc1ccc2ccccc2c1/C=C1\SC(=O)N(CC(=O)Nc2cc(C)ccc2C)C1=O. The van der Waals surface area contributed by atoms with Crippen LogP contribution < -0.4 is 10.1 Å². The van der Waals surface area contributed by atoms with E-state index in [-0.39, 0.29) is 11.4 Å². The number of carbonyl (C=O) groups is 3. The average molecular weight is 475 g/mol. The topological polar surface area (TPSA) is 75.7 Å². The first-order chi connectivity index (χ1) is 16.4. The van der Waals surface area contributed by atoms with Crippen molar-refractivity contribution in [2.75, 3.05) is 18.5 Å². The zero-order valence-corrected chi connectivity index (χ0v) is 20.2. The highest BCUT2D eigenvalue weighted by Crippen LogP contribution is 2.37. The van der Waals surface area contributed by atoms with Crippen LogP contribution in [0.5, 0.6) is 5.75 Å². The fraction of sp³-hybridized carbons (Fsp3) is 0.222. The number of rotatable bonds is 7. The molecule has 0 radical (unpaired) electrons. The van der Waals surface area contributed by atoms with Crippen molar-refractivity contribution in [2.24, 2.45) is 0 Å². The van der Waals surface area contributed by atoms with Crippen molar-refractivity contribution in [3.05, 3.63) is 76.2 Å². The van der Waals surface area contributed by atoms with E-state index in [1.807, 2.05) is 75.4 Å². The second-order valence-corrected chi connectivity index (χ2v) is 9.17. The molecule has 0 spiro atoms. The summed E-state index contributed by atoms with van der Waals surface area (Å²) in [4.78, 5) is 39.6. The molecule has 0 aromatic heterocycles. The van der Waals surface area contributed by atoms with Crippen molar-refractivity contribution in [2.45, 2.75) is 27.2 Å². The molecular formula is C27H26N2O4S. The number of thioether (sulfide) groups is 1. The summed E-state index contributed by atoms with van der Waals surface area (Å²) in [5, 5.41) is 4.27. The fourth-order valence-electron chi connectivity index (χ4n) is 3.73. The summed E-state index contributed by atoms with van der Waals surface area (Å²) in [7, 11) is 0. The van der Waals surface area contributed by atoms with Crippen LogP contribution in [0.25, 0.3) is 16.8 Å². The summed E-state index contributed by atoms with van der Waals surface area (Å²) in [6, 6.07) is 17.4. The minimum absolute atomic E-state index is 0.266. The summed E-state index contributed by atoms with van der Waals surface area (Å²) >= 11 is 0.835. The Kier molecular flexibility index (Phi) is 7.03. The molecule has 0 aliphatic carbocycles. The molecule has 3 aromatic rings. The maximum absolute atomic E-state index is 13.1. The second kappa shape index (κ2) is 10.1. The maximum atomic E-state index is 13.1. The van der Waals surface area contributed by atoms with Gasteiger partial charge in [0.1, 0.15) is 12.3 Å². The number of benzene rings is 3. The molecule has 0 saturated carbocycles. The first-order valence-electron chi connectivity index (χ1n) is 11.1. The van der Waals surface area contributed by atoms with Crippen LogP contribution in [0.15, 0.2) is 59.5 Å². The van der Waals surface area contributed by atoms with Crippen LogP contribution in [0.3, 0.4) is 0 Å². The Balaban J connectivity index is 1.59. The third-order valence-electron chi connectivity index (χ3n) is 5.51. The van der Waals surface area contributed by atoms with Gasteiger partial charge in [-0.2, -0.15) is 0 Å². The molecule has 0 bridgehead atoms. The number of aryl methyl sites for hydroxylation is 2. The number of hydrogen-bond donors (Lipinski definition) is 1. The Morgan fingerprint density at radius 3 is 2.68 bits per heavy atom. The summed E-state index contributed by atoms with van der Waals surface area (Å²) in [6.45, 7) is 6.04. The van der Waals surface area contributed by atoms with Crippen LogP contribution in [-0.4, -0.2) is 35.1 Å². The van der Waals surface area contributed by atoms with Gasteiger partial charge in [0, 0.05) is 11.3 Å². The van der Waals surface area contributed by atoms with E-state index in [1.54, 1.807) is 6.08 Å². The summed E-state index contributed by atoms with van der Waals surface area (Å²) < 4.78 is 5.92. The summed E-state index contributed by atoms with van der Waals surface area (Å²) in [5.74, 6) is -0.255. The number of imide groups is 1. The van der Waals surface area contributed by atoms with Gasteiger partial charge in [-0.3, -0.25) is 19.3 Å². The molecule has 0 unspecified atom stereocenters. The van der Waals surface area contributed by atoms with Gasteiger partial charge in [0.15, 0.2) is 0 Å². The molecule has 1 aliphatic heterocycles. The van der Waals surface area contributed by atoms with Crippen LogP contribution >= 0.6 is 11.8 Å².